The predicted molar refractivity (Wildman–Crippen MR) is 57.5 cm³/mol. The summed E-state index contributed by atoms with van der Waals surface area (Å²) in [5, 5.41) is 18.3. The fourth-order valence-corrected chi connectivity index (χ4v) is 2.08. The topological polar surface area (TPSA) is 81.6 Å². The Hall–Kier alpha value is -1.83. The first-order valence-corrected chi connectivity index (χ1v) is 5.48. The molecule has 0 unspecified atom stereocenters. The Bertz CT molecular complexity index is 398. The Kier molecular flexibility index (Phi) is 2.91. The van der Waals surface area contributed by atoms with Crippen LogP contribution in [0.5, 0.6) is 0 Å². The lowest BCUT2D eigenvalue weighted by Gasteiger charge is -2.31. The fraction of sp³-hybridized carbons (Fsp3) is 0.545. The van der Waals surface area contributed by atoms with Crippen molar-refractivity contribution in [2.24, 2.45) is 0 Å². The van der Waals surface area contributed by atoms with E-state index in [1.807, 2.05) is 0 Å². The van der Waals surface area contributed by atoms with E-state index < -0.39 is 5.54 Å². The van der Waals surface area contributed by atoms with Crippen molar-refractivity contribution in [3.63, 3.8) is 0 Å². The molecule has 1 aromatic rings. The maximum atomic E-state index is 11.8. The van der Waals surface area contributed by atoms with Gasteiger partial charge in [-0.25, -0.2) is 0 Å². The van der Waals surface area contributed by atoms with Gasteiger partial charge in [0, 0.05) is 6.20 Å². The first-order valence-electron chi connectivity index (χ1n) is 5.48. The summed E-state index contributed by atoms with van der Waals surface area (Å²) in [6, 6.07) is 2.25. The lowest BCUT2D eigenvalue weighted by Crippen LogP contribution is -2.48. The highest BCUT2D eigenvalue weighted by atomic mass is 16.1. The second-order valence-corrected chi connectivity index (χ2v) is 4.20. The first kappa shape index (κ1) is 10.7. The molecule has 0 spiro atoms. The Labute approximate surface area is 93.8 Å². The van der Waals surface area contributed by atoms with Crippen LogP contribution in [0.4, 0.5) is 0 Å². The molecule has 5 nitrogen and oxygen atoms in total. The van der Waals surface area contributed by atoms with E-state index >= 15 is 0 Å². The Morgan fingerprint density at radius 2 is 2.25 bits per heavy atom. The van der Waals surface area contributed by atoms with Crippen molar-refractivity contribution >= 4 is 5.91 Å². The number of carbonyl (C=O) groups is 1. The van der Waals surface area contributed by atoms with Gasteiger partial charge in [-0.15, -0.1) is 0 Å². The molecule has 2 N–H and O–H groups in total. The van der Waals surface area contributed by atoms with Crippen molar-refractivity contribution in [2.75, 3.05) is 0 Å². The molecule has 0 bridgehead atoms. The smallest absolute Gasteiger partial charge is 0.255 e. The highest BCUT2D eigenvalue weighted by molar-refractivity contribution is 5.94. The summed E-state index contributed by atoms with van der Waals surface area (Å²) in [6.07, 6.45) is 7.62. The van der Waals surface area contributed by atoms with E-state index in [1.54, 1.807) is 0 Å². The number of aromatic amines is 1. The maximum Gasteiger partial charge on any atom is 0.255 e. The van der Waals surface area contributed by atoms with Crippen LogP contribution in [0.15, 0.2) is 12.4 Å². The average molecular weight is 218 g/mol. The number of hydrogen-bond donors (Lipinski definition) is 2. The van der Waals surface area contributed by atoms with Gasteiger partial charge in [0.2, 0.25) is 0 Å². The van der Waals surface area contributed by atoms with Gasteiger partial charge in [-0.3, -0.25) is 9.89 Å². The number of carbonyl (C=O) groups excluding carboxylic acids is 1. The van der Waals surface area contributed by atoms with Gasteiger partial charge in [-0.1, -0.05) is 19.3 Å². The molecule has 1 aliphatic carbocycles. The molecular weight excluding hydrogens is 204 g/mol. The maximum absolute atomic E-state index is 11.8. The van der Waals surface area contributed by atoms with Gasteiger partial charge in [0.15, 0.2) is 0 Å². The third kappa shape index (κ3) is 2.06. The summed E-state index contributed by atoms with van der Waals surface area (Å²) in [4.78, 5) is 11.8. The molecule has 0 radical (unpaired) electrons. The largest absolute Gasteiger partial charge is 0.334 e. The molecule has 1 fully saturated rings. The van der Waals surface area contributed by atoms with Gasteiger partial charge in [0.25, 0.3) is 5.91 Å². The van der Waals surface area contributed by atoms with Crippen molar-refractivity contribution in [3.8, 4) is 6.07 Å². The number of H-pyrrole nitrogens is 1. The lowest BCUT2D eigenvalue weighted by atomic mass is 9.82. The molecule has 84 valence electrons. The molecule has 1 aliphatic rings. The summed E-state index contributed by atoms with van der Waals surface area (Å²) in [7, 11) is 0. The number of hydrogen-bond acceptors (Lipinski definition) is 3. The van der Waals surface area contributed by atoms with Crippen molar-refractivity contribution in [3.05, 3.63) is 18.0 Å². The van der Waals surface area contributed by atoms with Gasteiger partial charge >= 0.3 is 0 Å². The van der Waals surface area contributed by atoms with Crippen LogP contribution in [0, 0.1) is 11.3 Å². The van der Waals surface area contributed by atoms with Crippen LogP contribution in [0.1, 0.15) is 42.5 Å². The molecule has 1 amide bonds. The zero-order chi connectivity index (χ0) is 11.4. The van der Waals surface area contributed by atoms with Gasteiger partial charge in [0.1, 0.15) is 5.54 Å². The summed E-state index contributed by atoms with van der Waals surface area (Å²) in [6.45, 7) is 0. The Morgan fingerprint density at radius 3 is 2.81 bits per heavy atom. The number of nitrogens with zero attached hydrogens (tertiary/aromatic N) is 2. The summed E-state index contributed by atoms with van der Waals surface area (Å²) < 4.78 is 0. The molecular formula is C11H14N4O. The SMILES string of the molecule is N#CC1(NC(=O)c2cn[nH]c2)CCCCC1. The first-order chi connectivity index (χ1) is 7.76. The predicted octanol–water partition coefficient (Wildman–Crippen LogP) is 1.37. The number of aromatic nitrogens is 2. The Morgan fingerprint density at radius 1 is 1.50 bits per heavy atom. The van der Waals surface area contributed by atoms with E-state index in [0.29, 0.717) is 5.56 Å². The van der Waals surface area contributed by atoms with Gasteiger partial charge in [-0.2, -0.15) is 10.4 Å². The molecule has 0 saturated heterocycles. The van der Waals surface area contributed by atoms with Crippen LogP contribution in [-0.2, 0) is 0 Å². The van der Waals surface area contributed by atoms with E-state index in [2.05, 4.69) is 21.6 Å². The van der Waals surface area contributed by atoms with Crippen molar-refractivity contribution < 1.29 is 4.79 Å². The van der Waals surface area contributed by atoms with Crippen molar-refractivity contribution in [1.82, 2.24) is 15.5 Å². The van der Waals surface area contributed by atoms with Crippen LogP contribution >= 0.6 is 0 Å². The van der Waals surface area contributed by atoms with Crippen LogP contribution in [0.25, 0.3) is 0 Å². The summed E-state index contributed by atoms with van der Waals surface area (Å²) in [5.41, 5.74) is -0.202. The second kappa shape index (κ2) is 4.35. The second-order valence-electron chi connectivity index (χ2n) is 4.20. The molecule has 5 heteroatoms. The van der Waals surface area contributed by atoms with E-state index in [-0.39, 0.29) is 5.91 Å². The minimum absolute atomic E-state index is 0.225. The molecule has 1 saturated carbocycles. The monoisotopic (exact) mass is 218 g/mol. The molecule has 16 heavy (non-hydrogen) atoms. The summed E-state index contributed by atoms with van der Waals surface area (Å²) >= 11 is 0. The van der Waals surface area contributed by atoms with Crippen LogP contribution < -0.4 is 5.32 Å². The van der Waals surface area contributed by atoms with Gasteiger partial charge < -0.3 is 5.32 Å². The van der Waals surface area contributed by atoms with E-state index in [4.69, 9.17) is 0 Å². The number of nitriles is 1. The summed E-state index contributed by atoms with van der Waals surface area (Å²) in [5.74, 6) is -0.225. The molecule has 0 aliphatic heterocycles. The number of nitrogens with one attached hydrogen (secondary N) is 2. The lowest BCUT2D eigenvalue weighted by molar-refractivity contribution is 0.0903. The van der Waals surface area contributed by atoms with Gasteiger partial charge in [-0.05, 0) is 12.8 Å². The minimum atomic E-state index is -0.674. The highest BCUT2D eigenvalue weighted by Gasteiger charge is 2.33. The third-order valence-electron chi connectivity index (χ3n) is 3.03. The third-order valence-corrected chi connectivity index (χ3v) is 3.03. The molecule has 1 aromatic heterocycles. The van der Waals surface area contributed by atoms with Gasteiger partial charge in [0.05, 0.1) is 17.8 Å². The average Bonchev–Trinajstić information content (AvgIpc) is 2.84. The van der Waals surface area contributed by atoms with Crippen LogP contribution in [0.3, 0.4) is 0 Å². The van der Waals surface area contributed by atoms with Crippen molar-refractivity contribution in [2.45, 2.75) is 37.6 Å². The normalized spacial score (nSPS) is 18.7. The number of rotatable bonds is 2. The molecule has 2 rings (SSSR count). The highest BCUT2D eigenvalue weighted by Crippen LogP contribution is 2.27. The van der Waals surface area contributed by atoms with Crippen LogP contribution in [0.2, 0.25) is 0 Å². The molecule has 1 heterocycles. The molecule has 0 aromatic carbocycles. The van der Waals surface area contributed by atoms with Crippen molar-refractivity contribution in [1.29, 1.82) is 5.26 Å². The van der Waals surface area contributed by atoms with Crippen LogP contribution in [-0.4, -0.2) is 21.6 Å². The minimum Gasteiger partial charge on any atom is -0.334 e. The zero-order valence-electron chi connectivity index (χ0n) is 8.99. The fourth-order valence-electron chi connectivity index (χ4n) is 2.08. The van der Waals surface area contributed by atoms with E-state index in [1.165, 1.54) is 12.4 Å². The van der Waals surface area contributed by atoms with E-state index in [0.717, 1.165) is 32.1 Å². The standard InChI is InChI=1S/C11H14N4O/c12-8-11(4-2-1-3-5-11)15-10(16)9-6-13-14-7-9/h6-7H,1-5H2,(H,13,14)(H,15,16). The molecule has 0 atom stereocenters. The van der Waals surface area contributed by atoms with E-state index in [9.17, 15) is 10.1 Å². The number of amides is 1. The quantitative estimate of drug-likeness (QED) is 0.786. The zero-order valence-corrected chi connectivity index (χ0v) is 8.99. The Balaban J connectivity index is 2.07.